The minimum absolute atomic E-state index is 0.0980. The van der Waals surface area contributed by atoms with Crippen LogP contribution in [0.5, 0.6) is 0 Å². The predicted octanol–water partition coefficient (Wildman–Crippen LogP) is 2.09. The minimum Gasteiger partial charge on any atom is -0.408 e. The average molecular weight is 314 g/mol. The molecule has 6 heteroatoms. The summed E-state index contributed by atoms with van der Waals surface area (Å²) in [4.78, 5) is 23.8. The van der Waals surface area contributed by atoms with Gasteiger partial charge in [-0.15, -0.1) is 0 Å². The quantitative estimate of drug-likeness (QED) is 0.784. The van der Waals surface area contributed by atoms with Crippen LogP contribution in [0.4, 0.5) is 4.39 Å². The lowest BCUT2D eigenvalue weighted by molar-refractivity contribution is -0.121. The standard InChI is InChI=1S/C17H15FN2O3/c18-13-7-5-12(6-8-13)9-10-19-16(21)11-20-14-3-1-2-4-15(14)23-17(20)22/h1-8H,9-11H2,(H,19,21). The number of nitrogens with one attached hydrogen (secondary N) is 1. The summed E-state index contributed by atoms with van der Waals surface area (Å²) in [7, 11) is 0. The molecule has 0 aliphatic carbocycles. The van der Waals surface area contributed by atoms with E-state index in [0.717, 1.165) is 5.56 Å². The number of rotatable bonds is 5. The molecule has 1 amide bonds. The lowest BCUT2D eigenvalue weighted by atomic mass is 10.1. The highest BCUT2D eigenvalue weighted by molar-refractivity contribution is 5.79. The van der Waals surface area contributed by atoms with Crippen molar-refractivity contribution in [2.75, 3.05) is 6.54 Å². The van der Waals surface area contributed by atoms with Crippen molar-refractivity contribution in [3.05, 3.63) is 70.5 Å². The van der Waals surface area contributed by atoms with Crippen LogP contribution in [0.15, 0.2) is 57.7 Å². The second kappa shape index (κ2) is 6.48. The Bertz CT molecular complexity index is 881. The first-order valence-electron chi connectivity index (χ1n) is 7.23. The largest absolute Gasteiger partial charge is 0.420 e. The molecule has 0 atom stereocenters. The average Bonchev–Trinajstić information content (AvgIpc) is 2.85. The number of carbonyl (C=O) groups is 1. The number of para-hydroxylation sites is 2. The van der Waals surface area contributed by atoms with Gasteiger partial charge in [0, 0.05) is 6.54 Å². The molecule has 0 spiro atoms. The molecule has 3 aromatic rings. The first-order valence-corrected chi connectivity index (χ1v) is 7.23. The summed E-state index contributed by atoms with van der Waals surface area (Å²) in [5.41, 5.74) is 1.97. The van der Waals surface area contributed by atoms with Crippen LogP contribution < -0.4 is 11.1 Å². The molecule has 0 radical (unpaired) electrons. The van der Waals surface area contributed by atoms with Crippen molar-refractivity contribution >= 4 is 17.0 Å². The molecule has 0 saturated heterocycles. The first-order chi connectivity index (χ1) is 11.1. The second-order valence-electron chi connectivity index (χ2n) is 5.15. The molecule has 118 valence electrons. The van der Waals surface area contributed by atoms with E-state index in [1.165, 1.54) is 16.7 Å². The van der Waals surface area contributed by atoms with Gasteiger partial charge in [0.15, 0.2) is 5.58 Å². The van der Waals surface area contributed by atoms with Gasteiger partial charge in [-0.05, 0) is 36.2 Å². The van der Waals surface area contributed by atoms with Gasteiger partial charge in [-0.25, -0.2) is 9.18 Å². The van der Waals surface area contributed by atoms with E-state index in [1.807, 2.05) is 0 Å². The number of carbonyl (C=O) groups excluding carboxylic acids is 1. The third-order valence-corrected chi connectivity index (χ3v) is 3.52. The zero-order chi connectivity index (χ0) is 16.2. The summed E-state index contributed by atoms with van der Waals surface area (Å²) >= 11 is 0. The van der Waals surface area contributed by atoms with Gasteiger partial charge >= 0.3 is 5.76 Å². The lowest BCUT2D eigenvalue weighted by Gasteiger charge is -2.06. The fourth-order valence-electron chi connectivity index (χ4n) is 2.36. The van der Waals surface area contributed by atoms with Crippen LogP contribution in [-0.4, -0.2) is 17.0 Å². The Morgan fingerprint density at radius 3 is 2.65 bits per heavy atom. The van der Waals surface area contributed by atoms with E-state index in [2.05, 4.69) is 5.32 Å². The number of amides is 1. The van der Waals surface area contributed by atoms with Crippen molar-refractivity contribution in [2.45, 2.75) is 13.0 Å². The smallest absolute Gasteiger partial charge is 0.408 e. The summed E-state index contributed by atoms with van der Waals surface area (Å²) in [6.45, 7) is 0.314. The van der Waals surface area contributed by atoms with Crippen LogP contribution in [0, 0.1) is 5.82 Å². The predicted molar refractivity (Wildman–Crippen MR) is 83.6 cm³/mol. The third-order valence-electron chi connectivity index (χ3n) is 3.52. The van der Waals surface area contributed by atoms with Crippen molar-refractivity contribution in [1.82, 2.24) is 9.88 Å². The molecule has 5 nitrogen and oxygen atoms in total. The second-order valence-corrected chi connectivity index (χ2v) is 5.15. The van der Waals surface area contributed by atoms with E-state index in [1.54, 1.807) is 36.4 Å². The Labute approximate surface area is 131 Å². The Morgan fingerprint density at radius 2 is 1.87 bits per heavy atom. The van der Waals surface area contributed by atoms with E-state index in [9.17, 15) is 14.0 Å². The Hall–Kier alpha value is -2.89. The van der Waals surface area contributed by atoms with E-state index in [-0.39, 0.29) is 18.3 Å². The van der Waals surface area contributed by atoms with Gasteiger partial charge in [-0.1, -0.05) is 24.3 Å². The highest BCUT2D eigenvalue weighted by Crippen LogP contribution is 2.11. The molecular weight excluding hydrogens is 299 g/mol. The van der Waals surface area contributed by atoms with Crippen molar-refractivity contribution in [1.29, 1.82) is 0 Å². The Balaban J connectivity index is 1.59. The van der Waals surface area contributed by atoms with Gasteiger partial charge in [-0.3, -0.25) is 9.36 Å². The zero-order valence-electron chi connectivity index (χ0n) is 12.3. The number of fused-ring (bicyclic) bond motifs is 1. The maximum atomic E-state index is 12.8. The molecule has 2 aromatic carbocycles. The fourth-order valence-corrected chi connectivity index (χ4v) is 2.36. The number of oxazole rings is 1. The van der Waals surface area contributed by atoms with Crippen molar-refractivity contribution in [3.8, 4) is 0 Å². The third kappa shape index (κ3) is 3.48. The number of nitrogens with zero attached hydrogens (tertiary/aromatic N) is 1. The normalized spacial score (nSPS) is 10.8. The van der Waals surface area contributed by atoms with Crippen molar-refractivity contribution in [2.24, 2.45) is 0 Å². The van der Waals surface area contributed by atoms with Gasteiger partial charge in [0.25, 0.3) is 0 Å². The van der Waals surface area contributed by atoms with Crippen molar-refractivity contribution in [3.63, 3.8) is 0 Å². The summed E-state index contributed by atoms with van der Waals surface area (Å²) in [5, 5.41) is 2.74. The Morgan fingerprint density at radius 1 is 1.13 bits per heavy atom. The highest BCUT2D eigenvalue weighted by Gasteiger charge is 2.11. The van der Waals surface area contributed by atoms with Gasteiger partial charge in [0.2, 0.25) is 5.91 Å². The van der Waals surface area contributed by atoms with E-state index in [0.29, 0.717) is 24.1 Å². The molecule has 0 aliphatic heterocycles. The van der Waals surface area contributed by atoms with Crippen LogP contribution in [0.3, 0.4) is 0 Å². The molecule has 1 N–H and O–H groups in total. The van der Waals surface area contributed by atoms with E-state index >= 15 is 0 Å². The Kier molecular flexibility index (Phi) is 4.23. The molecule has 23 heavy (non-hydrogen) atoms. The van der Waals surface area contributed by atoms with E-state index in [4.69, 9.17) is 4.42 Å². The fraction of sp³-hybridized carbons (Fsp3) is 0.176. The van der Waals surface area contributed by atoms with Crippen LogP contribution in [-0.2, 0) is 17.8 Å². The SMILES string of the molecule is O=C(Cn1c(=O)oc2ccccc21)NCCc1ccc(F)cc1. The molecule has 0 unspecified atom stereocenters. The summed E-state index contributed by atoms with van der Waals surface area (Å²) in [6, 6.07) is 13.1. The molecule has 0 bridgehead atoms. The molecule has 0 saturated carbocycles. The summed E-state index contributed by atoms with van der Waals surface area (Å²) in [6.07, 6.45) is 0.590. The maximum Gasteiger partial charge on any atom is 0.420 e. The number of aromatic nitrogens is 1. The topological polar surface area (TPSA) is 64.2 Å². The maximum absolute atomic E-state index is 12.8. The monoisotopic (exact) mass is 314 g/mol. The lowest BCUT2D eigenvalue weighted by Crippen LogP contribution is -2.32. The minimum atomic E-state index is -0.556. The summed E-state index contributed by atoms with van der Waals surface area (Å²) < 4.78 is 19.2. The van der Waals surface area contributed by atoms with Crippen LogP contribution >= 0.6 is 0 Å². The molecule has 3 rings (SSSR count). The van der Waals surface area contributed by atoms with Gasteiger partial charge < -0.3 is 9.73 Å². The first kappa shape index (κ1) is 15.0. The molecule has 0 fully saturated rings. The summed E-state index contributed by atoms with van der Waals surface area (Å²) in [5.74, 6) is -1.12. The molecule has 1 aromatic heterocycles. The zero-order valence-corrected chi connectivity index (χ0v) is 12.3. The van der Waals surface area contributed by atoms with Gasteiger partial charge in [0.1, 0.15) is 12.4 Å². The number of benzene rings is 2. The van der Waals surface area contributed by atoms with Crippen LogP contribution in [0.2, 0.25) is 0 Å². The highest BCUT2D eigenvalue weighted by atomic mass is 19.1. The molecular formula is C17H15FN2O3. The number of halogens is 1. The van der Waals surface area contributed by atoms with Gasteiger partial charge in [0.05, 0.1) is 5.52 Å². The molecule has 1 heterocycles. The van der Waals surface area contributed by atoms with Crippen molar-refractivity contribution < 1.29 is 13.6 Å². The van der Waals surface area contributed by atoms with E-state index < -0.39 is 5.76 Å². The van der Waals surface area contributed by atoms with Gasteiger partial charge in [-0.2, -0.15) is 0 Å². The van der Waals surface area contributed by atoms with Crippen LogP contribution in [0.25, 0.3) is 11.1 Å². The number of hydrogen-bond donors (Lipinski definition) is 1. The number of hydrogen-bond acceptors (Lipinski definition) is 3. The van der Waals surface area contributed by atoms with Crippen LogP contribution in [0.1, 0.15) is 5.56 Å². The molecule has 0 aliphatic rings.